The van der Waals surface area contributed by atoms with Gasteiger partial charge in [0.05, 0.1) is 16.6 Å². The van der Waals surface area contributed by atoms with E-state index < -0.39 is 0 Å². The fourth-order valence-corrected chi connectivity index (χ4v) is 4.26. The number of thiazole rings is 1. The van der Waals surface area contributed by atoms with Crippen molar-refractivity contribution < 1.29 is 4.79 Å². The highest BCUT2D eigenvalue weighted by atomic mass is 35.5. The molecule has 0 N–H and O–H groups in total. The van der Waals surface area contributed by atoms with Gasteiger partial charge in [0, 0.05) is 16.6 Å². The van der Waals surface area contributed by atoms with Crippen molar-refractivity contribution in [3.8, 4) is 0 Å². The molecule has 0 spiro atoms. The van der Waals surface area contributed by atoms with E-state index in [1.54, 1.807) is 11.0 Å². The van der Waals surface area contributed by atoms with Gasteiger partial charge in [0.15, 0.2) is 5.13 Å². The standard InChI is InChI=1S/C20H21Cl2N3OS/c1-24(2)10-5-11-25(19(26)12-14-6-3-4-7-16(14)22)20-23-17-9-8-15(21)13-18(17)27-20/h3-4,6-9,13H,5,10-12H2,1-2H3. The van der Waals surface area contributed by atoms with E-state index in [2.05, 4.69) is 9.88 Å². The van der Waals surface area contributed by atoms with Crippen LogP contribution in [0.25, 0.3) is 10.2 Å². The zero-order valence-electron chi connectivity index (χ0n) is 15.3. The lowest BCUT2D eigenvalue weighted by molar-refractivity contribution is -0.118. The minimum absolute atomic E-state index is 0.00740. The highest BCUT2D eigenvalue weighted by molar-refractivity contribution is 7.22. The van der Waals surface area contributed by atoms with Crippen LogP contribution in [-0.2, 0) is 11.2 Å². The summed E-state index contributed by atoms with van der Waals surface area (Å²) >= 11 is 13.8. The second-order valence-electron chi connectivity index (χ2n) is 6.58. The van der Waals surface area contributed by atoms with Gasteiger partial charge in [-0.15, -0.1) is 0 Å². The first-order valence-corrected chi connectivity index (χ1v) is 10.3. The number of aromatic nitrogens is 1. The first-order chi connectivity index (χ1) is 12.9. The smallest absolute Gasteiger partial charge is 0.233 e. The molecule has 0 bridgehead atoms. The van der Waals surface area contributed by atoms with E-state index in [0.29, 0.717) is 21.7 Å². The van der Waals surface area contributed by atoms with Crippen LogP contribution in [-0.4, -0.2) is 43.0 Å². The van der Waals surface area contributed by atoms with E-state index in [4.69, 9.17) is 23.2 Å². The lowest BCUT2D eigenvalue weighted by Crippen LogP contribution is -2.34. The minimum atomic E-state index is -0.00740. The third-order valence-electron chi connectivity index (χ3n) is 4.16. The van der Waals surface area contributed by atoms with Crippen LogP contribution in [0.5, 0.6) is 0 Å². The van der Waals surface area contributed by atoms with Gasteiger partial charge in [0.1, 0.15) is 0 Å². The zero-order valence-corrected chi connectivity index (χ0v) is 17.6. The van der Waals surface area contributed by atoms with E-state index in [1.165, 1.54) is 11.3 Å². The summed E-state index contributed by atoms with van der Waals surface area (Å²) in [7, 11) is 4.05. The fraction of sp³-hybridized carbons (Fsp3) is 0.300. The third kappa shape index (κ3) is 5.20. The summed E-state index contributed by atoms with van der Waals surface area (Å²) < 4.78 is 0.973. The molecular formula is C20H21Cl2N3OS. The van der Waals surface area contributed by atoms with E-state index in [9.17, 15) is 4.79 Å². The molecule has 1 amide bonds. The van der Waals surface area contributed by atoms with Crippen molar-refractivity contribution in [2.75, 3.05) is 32.1 Å². The molecule has 0 fully saturated rings. The molecule has 2 aromatic carbocycles. The van der Waals surface area contributed by atoms with Gasteiger partial charge in [0.2, 0.25) is 5.91 Å². The van der Waals surface area contributed by atoms with Crippen LogP contribution in [0.2, 0.25) is 10.0 Å². The van der Waals surface area contributed by atoms with Gasteiger partial charge in [-0.3, -0.25) is 9.69 Å². The highest BCUT2D eigenvalue weighted by Gasteiger charge is 2.20. The maximum Gasteiger partial charge on any atom is 0.233 e. The Morgan fingerprint density at radius 1 is 1.11 bits per heavy atom. The Morgan fingerprint density at radius 3 is 2.63 bits per heavy atom. The zero-order chi connectivity index (χ0) is 19.4. The largest absolute Gasteiger partial charge is 0.309 e. The van der Waals surface area contributed by atoms with Crippen LogP contribution in [0.4, 0.5) is 5.13 Å². The van der Waals surface area contributed by atoms with Crippen molar-refractivity contribution >= 4 is 55.8 Å². The van der Waals surface area contributed by atoms with Crippen LogP contribution in [0.15, 0.2) is 42.5 Å². The van der Waals surface area contributed by atoms with Crippen LogP contribution < -0.4 is 4.90 Å². The molecule has 3 rings (SSSR count). The molecule has 0 saturated carbocycles. The number of benzene rings is 2. The number of nitrogens with zero attached hydrogens (tertiary/aromatic N) is 3. The maximum atomic E-state index is 13.1. The Labute approximate surface area is 173 Å². The number of carbonyl (C=O) groups excluding carboxylic acids is 1. The van der Waals surface area contributed by atoms with Crippen molar-refractivity contribution in [3.63, 3.8) is 0 Å². The Morgan fingerprint density at radius 2 is 1.89 bits per heavy atom. The predicted octanol–water partition coefficient (Wildman–Crippen LogP) is 5.13. The number of anilines is 1. The summed E-state index contributed by atoms with van der Waals surface area (Å²) in [5, 5.41) is 1.97. The average Bonchev–Trinajstić information content (AvgIpc) is 3.03. The van der Waals surface area contributed by atoms with Crippen LogP contribution >= 0.6 is 34.5 Å². The van der Waals surface area contributed by atoms with Gasteiger partial charge < -0.3 is 4.90 Å². The quantitative estimate of drug-likeness (QED) is 0.530. The molecule has 0 saturated heterocycles. The van der Waals surface area contributed by atoms with Crippen LogP contribution in [0.3, 0.4) is 0 Å². The number of halogens is 2. The van der Waals surface area contributed by atoms with E-state index >= 15 is 0 Å². The van der Waals surface area contributed by atoms with E-state index in [0.717, 1.165) is 28.7 Å². The fourth-order valence-electron chi connectivity index (χ4n) is 2.77. The lowest BCUT2D eigenvalue weighted by Gasteiger charge is -2.21. The number of amides is 1. The lowest BCUT2D eigenvalue weighted by atomic mass is 10.1. The Kier molecular flexibility index (Phi) is 6.71. The third-order valence-corrected chi connectivity index (χ3v) is 5.80. The van der Waals surface area contributed by atoms with Crippen LogP contribution in [0.1, 0.15) is 12.0 Å². The molecule has 0 atom stereocenters. The van der Waals surface area contributed by atoms with E-state index in [1.807, 2.05) is 50.5 Å². The summed E-state index contributed by atoms with van der Waals surface area (Å²) in [6.07, 6.45) is 1.11. The molecule has 3 aromatic rings. The maximum absolute atomic E-state index is 13.1. The van der Waals surface area contributed by atoms with Gasteiger partial charge in [-0.25, -0.2) is 4.98 Å². The molecule has 0 radical (unpaired) electrons. The predicted molar refractivity (Wildman–Crippen MR) is 115 cm³/mol. The van der Waals surface area contributed by atoms with E-state index in [-0.39, 0.29) is 12.3 Å². The Bertz CT molecular complexity index is 942. The summed E-state index contributed by atoms with van der Waals surface area (Å²) in [6.45, 7) is 1.50. The molecule has 0 aliphatic rings. The Hall–Kier alpha value is -1.66. The van der Waals surface area contributed by atoms with Crippen LogP contribution in [0, 0.1) is 0 Å². The summed E-state index contributed by atoms with van der Waals surface area (Å²) in [5.41, 5.74) is 1.67. The summed E-state index contributed by atoms with van der Waals surface area (Å²) in [6, 6.07) is 13.0. The second kappa shape index (κ2) is 9.02. The second-order valence-corrected chi connectivity index (χ2v) is 8.43. The SMILES string of the molecule is CN(C)CCCN(C(=O)Cc1ccccc1Cl)c1nc2ccc(Cl)cc2s1. The van der Waals surface area contributed by atoms with Crippen molar-refractivity contribution in [2.45, 2.75) is 12.8 Å². The van der Waals surface area contributed by atoms with Crippen molar-refractivity contribution in [2.24, 2.45) is 0 Å². The molecule has 1 heterocycles. The van der Waals surface area contributed by atoms with Gasteiger partial charge >= 0.3 is 0 Å². The van der Waals surface area contributed by atoms with Crippen molar-refractivity contribution in [1.82, 2.24) is 9.88 Å². The molecule has 7 heteroatoms. The molecule has 0 aliphatic heterocycles. The number of rotatable bonds is 7. The first kappa shape index (κ1) is 20.1. The Balaban J connectivity index is 1.86. The van der Waals surface area contributed by atoms with Gasteiger partial charge in [-0.1, -0.05) is 52.7 Å². The number of hydrogen-bond donors (Lipinski definition) is 0. The number of hydrogen-bond acceptors (Lipinski definition) is 4. The average molecular weight is 422 g/mol. The van der Waals surface area contributed by atoms with Crippen molar-refractivity contribution in [3.05, 3.63) is 58.1 Å². The topological polar surface area (TPSA) is 36.4 Å². The monoisotopic (exact) mass is 421 g/mol. The molecule has 1 aromatic heterocycles. The molecular weight excluding hydrogens is 401 g/mol. The normalized spacial score (nSPS) is 11.3. The molecule has 4 nitrogen and oxygen atoms in total. The molecule has 142 valence electrons. The molecule has 0 aliphatic carbocycles. The van der Waals surface area contributed by atoms with Gasteiger partial charge in [0.25, 0.3) is 0 Å². The summed E-state index contributed by atoms with van der Waals surface area (Å²) in [4.78, 5) is 21.6. The molecule has 27 heavy (non-hydrogen) atoms. The molecule has 0 unspecified atom stereocenters. The number of fused-ring (bicyclic) bond motifs is 1. The highest BCUT2D eigenvalue weighted by Crippen LogP contribution is 2.31. The van der Waals surface area contributed by atoms with Gasteiger partial charge in [-0.2, -0.15) is 0 Å². The van der Waals surface area contributed by atoms with Crippen molar-refractivity contribution in [1.29, 1.82) is 0 Å². The summed E-state index contributed by atoms with van der Waals surface area (Å²) in [5.74, 6) is -0.00740. The minimum Gasteiger partial charge on any atom is -0.309 e. The number of carbonyl (C=O) groups is 1. The first-order valence-electron chi connectivity index (χ1n) is 8.68. The van der Waals surface area contributed by atoms with Gasteiger partial charge in [-0.05, 0) is 56.9 Å².